The first-order valence-electron chi connectivity index (χ1n) is 7.91. The van der Waals surface area contributed by atoms with Crippen LogP contribution in [0.25, 0.3) is 5.69 Å². The molecule has 3 rings (SSSR count). The normalized spacial score (nSPS) is 13.5. The quantitative estimate of drug-likeness (QED) is 0.749. The van der Waals surface area contributed by atoms with E-state index >= 15 is 0 Å². The van der Waals surface area contributed by atoms with Gasteiger partial charge in [-0.25, -0.2) is 0 Å². The second kappa shape index (κ2) is 6.61. The van der Waals surface area contributed by atoms with Crippen LogP contribution >= 0.6 is 11.6 Å². The number of halogens is 1. The molecule has 0 saturated carbocycles. The summed E-state index contributed by atoms with van der Waals surface area (Å²) < 4.78 is 1.79. The molecule has 6 heteroatoms. The van der Waals surface area contributed by atoms with E-state index < -0.39 is 5.54 Å². The summed E-state index contributed by atoms with van der Waals surface area (Å²) in [6.45, 7) is 6.26. The fourth-order valence-electron chi connectivity index (χ4n) is 2.62. The maximum atomic E-state index is 5.97. The van der Waals surface area contributed by atoms with Crippen LogP contribution in [0.3, 0.4) is 0 Å². The molecule has 3 aromatic rings. The molecule has 1 aromatic heterocycles. The van der Waals surface area contributed by atoms with E-state index in [4.69, 9.17) is 11.6 Å². The number of hydrogen-bond donors (Lipinski definition) is 1. The minimum absolute atomic E-state index is 0.416. The largest absolute Gasteiger partial charge is 0.373 e. The van der Waals surface area contributed by atoms with E-state index in [1.807, 2.05) is 36.4 Å². The zero-order valence-electron chi connectivity index (χ0n) is 14.0. The lowest BCUT2D eigenvalue weighted by atomic mass is 9.97. The van der Waals surface area contributed by atoms with Crippen molar-refractivity contribution in [1.82, 2.24) is 20.2 Å². The summed E-state index contributed by atoms with van der Waals surface area (Å²) >= 11 is 5.97. The first-order valence-corrected chi connectivity index (χ1v) is 8.29. The highest BCUT2D eigenvalue weighted by molar-refractivity contribution is 6.30. The molecular formula is C18H20ClN5. The number of hydrogen-bond acceptors (Lipinski definition) is 4. The molecule has 1 atom stereocenters. The molecule has 0 aliphatic heterocycles. The lowest BCUT2D eigenvalue weighted by Crippen LogP contribution is -2.34. The second-order valence-electron chi connectivity index (χ2n) is 6.07. The van der Waals surface area contributed by atoms with Crippen LogP contribution in [-0.4, -0.2) is 20.2 Å². The average molecular weight is 342 g/mol. The zero-order chi connectivity index (χ0) is 17.2. The van der Waals surface area contributed by atoms with Gasteiger partial charge in [0.15, 0.2) is 5.82 Å². The highest BCUT2D eigenvalue weighted by Gasteiger charge is 2.31. The second-order valence-corrected chi connectivity index (χ2v) is 6.51. The minimum atomic E-state index is -0.416. The smallest absolute Gasteiger partial charge is 0.181 e. The van der Waals surface area contributed by atoms with E-state index in [2.05, 4.69) is 53.7 Å². The van der Waals surface area contributed by atoms with Gasteiger partial charge in [-0.15, -0.1) is 5.10 Å². The number of aryl methyl sites for hydroxylation is 1. The first kappa shape index (κ1) is 16.5. The standard InChI is InChI=1S/C18H20ClN5/c1-4-18(3,20-15-10-8-14(19)9-11-15)17-21-22-23-24(17)16-7-5-6-13(2)12-16/h5-12,20H,4H2,1-3H3/t18-/m0/s1. The van der Waals surface area contributed by atoms with Crippen LogP contribution in [0.1, 0.15) is 31.7 Å². The molecule has 0 unspecified atom stereocenters. The first-order chi connectivity index (χ1) is 11.5. The SMILES string of the molecule is CC[C@](C)(Nc1ccc(Cl)cc1)c1nnnn1-c1cccc(C)c1. The van der Waals surface area contributed by atoms with Gasteiger partial charge < -0.3 is 5.32 Å². The Balaban J connectivity index is 1.99. The fraction of sp³-hybridized carbons (Fsp3) is 0.278. The van der Waals surface area contributed by atoms with Crippen LogP contribution in [-0.2, 0) is 5.54 Å². The van der Waals surface area contributed by atoms with Crippen LogP contribution < -0.4 is 5.32 Å². The Bertz CT molecular complexity index is 827. The van der Waals surface area contributed by atoms with Crippen LogP contribution in [0.5, 0.6) is 0 Å². The van der Waals surface area contributed by atoms with Gasteiger partial charge >= 0.3 is 0 Å². The Morgan fingerprint density at radius 3 is 2.58 bits per heavy atom. The Kier molecular flexibility index (Phi) is 4.53. The number of benzene rings is 2. The van der Waals surface area contributed by atoms with E-state index in [-0.39, 0.29) is 0 Å². The Morgan fingerprint density at radius 1 is 1.17 bits per heavy atom. The Morgan fingerprint density at radius 2 is 1.92 bits per heavy atom. The fourth-order valence-corrected chi connectivity index (χ4v) is 2.74. The summed E-state index contributed by atoms with van der Waals surface area (Å²) in [5.74, 6) is 0.769. The van der Waals surface area contributed by atoms with Gasteiger partial charge in [0.2, 0.25) is 0 Å². The van der Waals surface area contributed by atoms with Crippen LogP contribution in [0, 0.1) is 6.92 Å². The highest BCUT2D eigenvalue weighted by atomic mass is 35.5. The van der Waals surface area contributed by atoms with Gasteiger partial charge in [-0.05, 0) is 72.7 Å². The van der Waals surface area contributed by atoms with Gasteiger partial charge in [-0.1, -0.05) is 30.7 Å². The molecule has 0 aliphatic rings. The van der Waals surface area contributed by atoms with E-state index in [0.717, 1.165) is 29.2 Å². The summed E-state index contributed by atoms with van der Waals surface area (Å²) in [7, 11) is 0. The molecule has 0 bridgehead atoms. The van der Waals surface area contributed by atoms with Crippen molar-refractivity contribution in [3.8, 4) is 5.69 Å². The number of tetrazole rings is 1. The van der Waals surface area contributed by atoms with Crippen LogP contribution in [0.4, 0.5) is 5.69 Å². The molecule has 0 fully saturated rings. The molecule has 124 valence electrons. The lowest BCUT2D eigenvalue weighted by Gasteiger charge is -2.29. The van der Waals surface area contributed by atoms with E-state index in [0.29, 0.717) is 5.02 Å². The van der Waals surface area contributed by atoms with Crippen molar-refractivity contribution in [3.63, 3.8) is 0 Å². The molecule has 5 nitrogen and oxygen atoms in total. The highest BCUT2D eigenvalue weighted by Crippen LogP contribution is 2.29. The molecule has 1 N–H and O–H groups in total. The van der Waals surface area contributed by atoms with E-state index in [9.17, 15) is 0 Å². The van der Waals surface area contributed by atoms with Gasteiger partial charge in [-0.2, -0.15) is 4.68 Å². The summed E-state index contributed by atoms with van der Waals surface area (Å²) in [5.41, 5.74) is 2.68. The van der Waals surface area contributed by atoms with Crippen molar-refractivity contribution in [2.24, 2.45) is 0 Å². The monoisotopic (exact) mass is 341 g/mol. The molecule has 0 saturated heterocycles. The lowest BCUT2D eigenvalue weighted by molar-refractivity contribution is 0.474. The number of nitrogens with zero attached hydrogens (tertiary/aromatic N) is 4. The van der Waals surface area contributed by atoms with E-state index in [1.54, 1.807) is 4.68 Å². The third-order valence-electron chi connectivity index (χ3n) is 4.18. The number of rotatable bonds is 5. The topological polar surface area (TPSA) is 55.6 Å². The van der Waals surface area contributed by atoms with Gasteiger partial charge in [-0.3, -0.25) is 0 Å². The molecule has 1 heterocycles. The van der Waals surface area contributed by atoms with Crippen LogP contribution in [0.2, 0.25) is 5.02 Å². The van der Waals surface area contributed by atoms with Gasteiger partial charge in [0.25, 0.3) is 0 Å². The molecule has 0 aliphatic carbocycles. The maximum absolute atomic E-state index is 5.97. The zero-order valence-corrected chi connectivity index (χ0v) is 14.7. The summed E-state index contributed by atoms with van der Waals surface area (Å²) in [5, 5.41) is 16.6. The third-order valence-corrected chi connectivity index (χ3v) is 4.43. The Labute approximate surface area is 146 Å². The van der Waals surface area contributed by atoms with Crippen molar-refractivity contribution < 1.29 is 0 Å². The third kappa shape index (κ3) is 3.26. The van der Waals surface area contributed by atoms with Gasteiger partial charge in [0, 0.05) is 10.7 Å². The Hall–Kier alpha value is -2.40. The molecule has 2 aromatic carbocycles. The molecule has 0 spiro atoms. The number of nitrogens with one attached hydrogen (secondary N) is 1. The van der Waals surface area contributed by atoms with Crippen LogP contribution in [0.15, 0.2) is 48.5 Å². The number of anilines is 1. The van der Waals surface area contributed by atoms with Crippen molar-refractivity contribution in [3.05, 3.63) is 64.9 Å². The summed E-state index contributed by atoms with van der Waals surface area (Å²) in [6.07, 6.45) is 0.821. The van der Waals surface area contributed by atoms with Crippen molar-refractivity contribution in [1.29, 1.82) is 0 Å². The molecule has 0 amide bonds. The minimum Gasteiger partial charge on any atom is -0.373 e. The average Bonchev–Trinajstić information content (AvgIpc) is 3.07. The van der Waals surface area contributed by atoms with Crippen molar-refractivity contribution in [2.45, 2.75) is 32.7 Å². The maximum Gasteiger partial charge on any atom is 0.181 e. The van der Waals surface area contributed by atoms with Gasteiger partial charge in [0.1, 0.15) is 0 Å². The van der Waals surface area contributed by atoms with Crippen molar-refractivity contribution in [2.75, 3.05) is 5.32 Å². The predicted molar refractivity (Wildman–Crippen MR) is 96.6 cm³/mol. The van der Waals surface area contributed by atoms with Gasteiger partial charge in [0.05, 0.1) is 11.2 Å². The van der Waals surface area contributed by atoms with E-state index in [1.165, 1.54) is 0 Å². The molecular weight excluding hydrogens is 322 g/mol. The number of aromatic nitrogens is 4. The predicted octanol–water partition coefficient (Wildman–Crippen LogP) is 4.36. The summed E-state index contributed by atoms with van der Waals surface area (Å²) in [4.78, 5) is 0. The molecule has 24 heavy (non-hydrogen) atoms. The van der Waals surface area contributed by atoms with Crippen molar-refractivity contribution >= 4 is 17.3 Å². The molecule has 0 radical (unpaired) electrons. The summed E-state index contributed by atoms with van der Waals surface area (Å²) in [6, 6.07) is 15.8.